The van der Waals surface area contributed by atoms with Gasteiger partial charge in [0, 0.05) is 26.1 Å². The molecule has 1 aliphatic carbocycles. The molecule has 1 aliphatic heterocycles. The van der Waals surface area contributed by atoms with E-state index in [-0.39, 0.29) is 23.3 Å². The first-order chi connectivity index (χ1) is 11.7. The topological polar surface area (TPSA) is 101 Å². The van der Waals surface area contributed by atoms with Crippen molar-refractivity contribution >= 4 is 21.8 Å². The average Bonchev–Trinajstić information content (AvgIpc) is 3.19. The summed E-state index contributed by atoms with van der Waals surface area (Å²) < 4.78 is 28.8. The van der Waals surface area contributed by atoms with Gasteiger partial charge in [0.2, 0.25) is 11.8 Å². The minimum absolute atomic E-state index is 0.0281. The van der Waals surface area contributed by atoms with Crippen molar-refractivity contribution in [2.75, 3.05) is 6.54 Å². The van der Waals surface area contributed by atoms with E-state index in [4.69, 9.17) is 0 Å². The third kappa shape index (κ3) is 3.29. The number of likely N-dealkylation sites (tertiary alicyclic amines) is 1. The molecule has 25 heavy (non-hydrogen) atoms. The molecule has 1 aromatic rings. The van der Waals surface area contributed by atoms with Crippen LogP contribution >= 0.6 is 0 Å². The highest BCUT2D eigenvalue weighted by Crippen LogP contribution is 2.30. The number of hydrogen-bond donors (Lipinski definition) is 1. The number of sulfonamides is 1. The second kappa shape index (κ2) is 6.44. The van der Waals surface area contributed by atoms with Crippen molar-refractivity contribution in [2.24, 2.45) is 13.0 Å². The molecular formula is C16H24N4O4S. The SMILES string of the molecule is Cc1nn(C)c(C)c1S(=O)(=O)NC(=O)C1CC(=O)N(C2CCCC2)C1. The first kappa shape index (κ1) is 17.9. The van der Waals surface area contributed by atoms with E-state index in [0.29, 0.717) is 17.9 Å². The van der Waals surface area contributed by atoms with Crippen LogP contribution in [-0.4, -0.2) is 47.5 Å². The zero-order valence-corrected chi connectivity index (χ0v) is 15.6. The molecule has 9 heteroatoms. The van der Waals surface area contributed by atoms with Crippen LogP contribution in [0.1, 0.15) is 43.5 Å². The van der Waals surface area contributed by atoms with Crippen molar-refractivity contribution in [2.45, 2.75) is 56.9 Å². The molecule has 1 saturated heterocycles. The van der Waals surface area contributed by atoms with Gasteiger partial charge in [0.1, 0.15) is 4.90 Å². The van der Waals surface area contributed by atoms with Gasteiger partial charge < -0.3 is 4.90 Å². The summed E-state index contributed by atoms with van der Waals surface area (Å²) in [6.45, 7) is 3.53. The summed E-state index contributed by atoms with van der Waals surface area (Å²) >= 11 is 0. The van der Waals surface area contributed by atoms with Crippen LogP contribution in [0.4, 0.5) is 0 Å². The maximum Gasteiger partial charge on any atom is 0.267 e. The number of nitrogens with one attached hydrogen (secondary N) is 1. The predicted molar refractivity (Wildman–Crippen MR) is 90.1 cm³/mol. The molecule has 1 saturated carbocycles. The second-order valence-electron chi connectivity index (χ2n) is 6.98. The fraction of sp³-hybridized carbons (Fsp3) is 0.688. The van der Waals surface area contributed by atoms with E-state index < -0.39 is 21.8 Å². The zero-order valence-electron chi connectivity index (χ0n) is 14.8. The molecule has 2 amide bonds. The molecule has 138 valence electrons. The lowest BCUT2D eigenvalue weighted by molar-refractivity contribution is -0.130. The Balaban J connectivity index is 1.73. The minimum Gasteiger partial charge on any atom is -0.339 e. The lowest BCUT2D eigenvalue weighted by Gasteiger charge is -2.23. The maximum absolute atomic E-state index is 12.6. The Hall–Kier alpha value is -1.90. The Kier molecular flexibility index (Phi) is 4.61. The number of amides is 2. The van der Waals surface area contributed by atoms with Gasteiger partial charge in [-0.2, -0.15) is 5.10 Å². The summed E-state index contributed by atoms with van der Waals surface area (Å²) in [5, 5.41) is 4.08. The van der Waals surface area contributed by atoms with E-state index in [2.05, 4.69) is 9.82 Å². The number of aryl methyl sites for hydroxylation is 2. The Labute approximate surface area is 147 Å². The highest BCUT2D eigenvalue weighted by atomic mass is 32.2. The minimum atomic E-state index is -4.00. The normalized spacial score (nSPS) is 22.0. The maximum atomic E-state index is 12.6. The Morgan fingerprint density at radius 2 is 1.88 bits per heavy atom. The highest BCUT2D eigenvalue weighted by molar-refractivity contribution is 7.90. The van der Waals surface area contributed by atoms with Gasteiger partial charge in [0.15, 0.2) is 0 Å². The fourth-order valence-corrected chi connectivity index (χ4v) is 5.37. The van der Waals surface area contributed by atoms with E-state index in [9.17, 15) is 18.0 Å². The summed E-state index contributed by atoms with van der Waals surface area (Å²) in [4.78, 5) is 26.5. The van der Waals surface area contributed by atoms with Crippen LogP contribution in [0.2, 0.25) is 0 Å². The molecule has 1 unspecified atom stereocenters. The van der Waals surface area contributed by atoms with Crippen molar-refractivity contribution in [1.29, 1.82) is 0 Å². The predicted octanol–water partition coefficient (Wildman–Crippen LogP) is 0.633. The van der Waals surface area contributed by atoms with Crippen LogP contribution in [0.3, 0.4) is 0 Å². The number of hydrogen-bond acceptors (Lipinski definition) is 5. The molecule has 1 aromatic heterocycles. The van der Waals surface area contributed by atoms with E-state index >= 15 is 0 Å². The Bertz CT molecular complexity index is 808. The lowest BCUT2D eigenvalue weighted by atomic mass is 10.1. The monoisotopic (exact) mass is 368 g/mol. The van der Waals surface area contributed by atoms with Gasteiger partial charge in [-0.25, -0.2) is 13.1 Å². The molecule has 3 rings (SSSR count). The number of carbonyl (C=O) groups is 2. The quantitative estimate of drug-likeness (QED) is 0.840. The van der Waals surface area contributed by atoms with Gasteiger partial charge in [-0.15, -0.1) is 0 Å². The third-order valence-corrected chi connectivity index (χ3v) is 6.84. The molecule has 8 nitrogen and oxygen atoms in total. The largest absolute Gasteiger partial charge is 0.339 e. The number of carbonyl (C=O) groups excluding carboxylic acids is 2. The third-order valence-electron chi connectivity index (χ3n) is 5.24. The van der Waals surface area contributed by atoms with Crippen LogP contribution < -0.4 is 4.72 Å². The first-order valence-corrected chi connectivity index (χ1v) is 10.1. The molecule has 2 aliphatic rings. The summed E-state index contributed by atoms with van der Waals surface area (Å²) in [6, 6.07) is 0.199. The van der Waals surface area contributed by atoms with Crippen LogP contribution in [-0.2, 0) is 26.7 Å². The van der Waals surface area contributed by atoms with Gasteiger partial charge in [-0.1, -0.05) is 12.8 Å². The number of nitrogens with zero attached hydrogens (tertiary/aromatic N) is 3. The standard InChI is InChI=1S/C16H24N4O4S/c1-10-15(11(2)19(3)17-10)25(23,24)18-16(22)12-8-14(21)20(9-12)13-6-4-5-7-13/h12-13H,4-9H2,1-3H3,(H,18,22). The van der Waals surface area contributed by atoms with Crippen molar-refractivity contribution in [3.8, 4) is 0 Å². The zero-order chi connectivity index (χ0) is 18.4. The molecule has 0 bridgehead atoms. The smallest absolute Gasteiger partial charge is 0.267 e. The molecule has 1 atom stereocenters. The van der Waals surface area contributed by atoms with Crippen LogP contribution in [0.15, 0.2) is 4.90 Å². The number of rotatable bonds is 4. The van der Waals surface area contributed by atoms with E-state index in [1.54, 1.807) is 25.8 Å². The summed E-state index contributed by atoms with van der Waals surface area (Å²) in [6.07, 6.45) is 4.19. The van der Waals surface area contributed by atoms with E-state index in [1.165, 1.54) is 4.68 Å². The van der Waals surface area contributed by atoms with Crippen molar-refractivity contribution < 1.29 is 18.0 Å². The summed E-state index contributed by atoms with van der Waals surface area (Å²) in [5.74, 6) is -1.30. The molecule has 2 heterocycles. The van der Waals surface area contributed by atoms with Gasteiger partial charge >= 0.3 is 0 Å². The molecule has 0 aromatic carbocycles. The van der Waals surface area contributed by atoms with Crippen LogP contribution in [0.25, 0.3) is 0 Å². The first-order valence-electron chi connectivity index (χ1n) is 8.57. The van der Waals surface area contributed by atoms with Gasteiger partial charge in [0.05, 0.1) is 17.3 Å². The van der Waals surface area contributed by atoms with Crippen molar-refractivity contribution in [1.82, 2.24) is 19.4 Å². The Morgan fingerprint density at radius 1 is 1.24 bits per heavy atom. The molecule has 1 N–H and O–H groups in total. The molecule has 0 spiro atoms. The molecule has 0 radical (unpaired) electrons. The van der Waals surface area contributed by atoms with E-state index in [0.717, 1.165) is 25.7 Å². The van der Waals surface area contributed by atoms with Gasteiger partial charge in [0.25, 0.3) is 10.0 Å². The average molecular weight is 368 g/mol. The van der Waals surface area contributed by atoms with Gasteiger partial charge in [-0.05, 0) is 26.7 Å². The highest BCUT2D eigenvalue weighted by Gasteiger charge is 2.40. The second-order valence-corrected chi connectivity index (χ2v) is 8.60. The number of aromatic nitrogens is 2. The summed E-state index contributed by atoms with van der Waals surface area (Å²) in [7, 11) is -2.35. The van der Waals surface area contributed by atoms with Crippen LogP contribution in [0.5, 0.6) is 0 Å². The molecule has 2 fully saturated rings. The molecular weight excluding hydrogens is 344 g/mol. The van der Waals surface area contributed by atoms with Crippen molar-refractivity contribution in [3.05, 3.63) is 11.4 Å². The van der Waals surface area contributed by atoms with E-state index in [1.807, 2.05) is 0 Å². The summed E-state index contributed by atoms with van der Waals surface area (Å²) in [5.41, 5.74) is 0.809. The Morgan fingerprint density at radius 3 is 2.44 bits per heavy atom. The van der Waals surface area contributed by atoms with Crippen LogP contribution in [0, 0.1) is 19.8 Å². The fourth-order valence-electron chi connectivity index (χ4n) is 3.89. The van der Waals surface area contributed by atoms with Gasteiger partial charge in [-0.3, -0.25) is 14.3 Å². The lowest BCUT2D eigenvalue weighted by Crippen LogP contribution is -2.39. The van der Waals surface area contributed by atoms with Crippen molar-refractivity contribution in [3.63, 3.8) is 0 Å².